The quantitative estimate of drug-likeness (QED) is 0.835. The lowest BCUT2D eigenvalue weighted by Gasteiger charge is -2.32. The first-order chi connectivity index (χ1) is 8.34. The zero-order valence-electron chi connectivity index (χ0n) is 10.4. The summed E-state index contributed by atoms with van der Waals surface area (Å²) in [4.78, 5) is 11.6. The van der Waals surface area contributed by atoms with Crippen LogP contribution < -0.4 is 5.32 Å². The van der Waals surface area contributed by atoms with Crippen LogP contribution in [0.25, 0.3) is 0 Å². The highest BCUT2D eigenvalue weighted by molar-refractivity contribution is 5.13. The van der Waals surface area contributed by atoms with Crippen molar-refractivity contribution < 1.29 is 0 Å². The van der Waals surface area contributed by atoms with Gasteiger partial charge < -0.3 is 5.32 Å². The molecule has 0 spiro atoms. The molecule has 3 rings (SSSR count). The average molecular weight is 232 g/mol. The first-order valence-electron chi connectivity index (χ1n) is 6.58. The highest BCUT2D eigenvalue weighted by atomic mass is 15.2. The maximum Gasteiger partial charge on any atom is 0.146 e. The van der Waals surface area contributed by atoms with Crippen molar-refractivity contribution in [3.8, 4) is 0 Å². The second kappa shape index (κ2) is 4.70. The van der Waals surface area contributed by atoms with Gasteiger partial charge in [-0.25, -0.2) is 9.97 Å². The second-order valence-corrected chi connectivity index (χ2v) is 5.17. The molecule has 2 aliphatic rings. The van der Waals surface area contributed by atoms with Gasteiger partial charge in [0.2, 0.25) is 0 Å². The summed E-state index contributed by atoms with van der Waals surface area (Å²) < 4.78 is 0. The van der Waals surface area contributed by atoms with Gasteiger partial charge in [-0.05, 0) is 26.0 Å². The number of nitrogens with zero attached hydrogens (tertiary/aromatic N) is 3. The SMILES string of the molecule is CN1CCNCC1c1nccc(C2CCC2)n1. The Morgan fingerprint density at radius 2 is 2.29 bits per heavy atom. The van der Waals surface area contributed by atoms with Crippen molar-refractivity contribution in [3.05, 3.63) is 23.8 Å². The minimum absolute atomic E-state index is 0.337. The number of likely N-dealkylation sites (N-methyl/N-ethyl adjacent to an activating group) is 1. The van der Waals surface area contributed by atoms with Crippen LogP contribution >= 0.6 is 0 Å². The third-order valence-corrected chi connectivity index (χ3v) is 4.03. The van der Waals surface area contributed by atoms with Gasteiger partial charge in [0.1, 0.15) is 5.82 Å². The molecule has 1 saturated heterocycles. The molecule has 1 aromatic rings. The van der Waals surface area contributed by atoms with Crippen LogP contribution in [0.4, 0.5) is 0 Å². The van der Waals surface area contributed by atoms with Gasteiger partial charge in [-0.2, -0.15) is 0 Å². The van der Waals surface area contributed by atoms with Gasteiger partial charge in [-0.1, -0.05) is 6.42 Å². The molecule has 1 aromatic heterocycles. The summed E-state index contributed by atoms with van der Waals surface area (Å²) in [5.74, 6) is 1.68. The Labute approximate surface area is 102 Å². The zero-order chi connectivity index (χ0) is 11.7. The third-order valence-electron chi connectivity index (χ3n) is 4.03. The molecule has 0 bridgehead atoms. The number of aromatic nitrogens is 2. The lowest BCUT2D eigenvalue weighted by Crippen LogP contribution is -2.44. The van der Waals surface area contributed by atoms with Crippen molar-refractivity contribution in [1.29, 1.82) is 0 Å². The van der Waals surface area contributed by atoms with E-state index in [1.54, 1.807) is 0 Å². The lowest BCUT2D eigenvalue weighted by atomic mass is 9.83. The standard InChI is InChI=1S/C13H20N4/c1-17-8-7-14-9-12(17)13-15-6-5-11(16-13)10-3-2-4-10/h5-6,10,12,14H,2-4,7-9H2,1H3. The number of nitrogens with one attached hydrogen (secondary N) is 1. The molecular weight excluding hydrogens is 212 g/mol. The van der Waals surface area contributed by atoms with E-state index in [0.717, 1.165) is 25.5 Å². The highest BCUT2D eigenvalue weighted by Gasteiger charge is 2.25. The van der Waals surface area contributed by atoms with Crippen LogP contribution in [0.1, 0.15) is 42.7 Å². The molecule has 1 aliphatic carbocycles. The van der Waals surface area contributed by atoms with Gasteiger partial charge in [0.15, 0.2) is 0 Å². The fraction of sp³-hybridized carbons (Fsp3) is 0.692. The van der Waals surface area contributed by atoms with Crippen molar-refractivity contribution in [2.75, 3.05) is 26.7 Å². The summed E-state index contributed by atoms with van der Waals surface area (Å²) in [5, 5.41) is 3.42. The predicted molar refractivity (Wildman–Crippen MR) is 66.9 cm³/mol. The molecule has 2 fully saturated rings. The van der Waals surface area contributed by atoms with Crippen LogP contribution in [-0.2, 0) is 0 Å². The third kappa shape index (κ3) is 2.19. The number of rotatable bonds is 2. The summed E-state index contributed by atoms with van der Waals surface area (Å²) in [5.41, 5.74) is 1.25. The van der Waals surface area contributed by atoms with Crippen molar-refractivity contribution in [3.63, 3.8) is 0 Å². The van der Waals surface area contributed by atoms with E-state index < -0.39 is 0 Å². The Kier molecular flexibility index (Phi) is 3.07. The molecule has 0 amide bonds. The van der Waals surface area contributed by atoms with Gasteiger partial charge >= 0.3 is 0 Å². The van der Waals surface area contributed by atoms with E-state index in [0.29, 0.717) is 12.0 Å². The van der Waals surface area contributed by atoms with Gasteiger partial charge in [0.05, 0.1) is 6.04 Å². The maximum atomic E-state index is 4.78. The molecule has 2 heterocycles. The number of hydrogen-bond donors (Lipinski definition) is 1. The molecule has 1 atom stereocenters. The Bertz CT molecular complexity index is 389. The molecule has 4 heteroatoms. The fourth-order valence-electron chi connectivity index (χ4n) is 2.57. The van der Waals surface area contributed by atoms with Crippen LogP contribution in [-0.4, -0.2) is 41.5 Å². The van der Waals surface area contributed by atoms with Crippen LogP contribution in [0.5, 0.6) is 0 Å². The van der Waals surface area contributed by atoms with Crippen LogP contribution in [0.2, 0.25) is 0 Å². The van der Waals surface area contributed by atoms with E-state index in [2.05, 4.69) is 28.3 Å². The number of piperazine rings is 1. The summed E-state index contributed by atoms with van der Waals surface area (Å²) >= 11 is 0. The van der Waals surface area contributed by atoms with E-state index >= 15 is 0 Å². The van der Waals surface area contributed by atoms with Crippen molar-refractivity contribution >= 4 is 0 Å². The van der Waals surface area contributed by atoms with E-state index in [-0.39, 0.29) is 0 Å². The minimum Gasteiger partial charge on any atom is -0.313 e. The maximum absolute atomic E-state index is 4.78. The molecule has 1 aliphatic heterocycles. The summed E-state index contributed by atoms with van der Waals surface area (Å²) in [7, 11) is 2.16. The first-order valence-corrected chi connectivity index (χ1v) is 6.58. The second-order valence-electron chi connectivity index (χ2n) is 5.17. The molecule has 17 heavy (non-hydrogen) atoms. The molecule has 92 valence electrons. The summed E-state index contributed by atoms with van der Waals surface area (Å²) in [6, 6.07) is 2.42. The highest BCUT2D eigenvalue weighted by Crippen LogP contribution is 2.35. The lowest BCUT2D eigenvalue weighted by molar-refractivity contribution is 0.193. The molecule has 1 saturated carbocycles. The Morgan fingerprint density at radius 3 is 3.00 bits per heavy atom. The van der Waals surface area contributed by atoms with Crippen molar-refractivity contribution in [1.82, 2.24) is 20.2 Å². The normalized spacial score (nSPS) is 26.8. The van der Waals surface area contributed by atoms with E-state index in [1.165, 1.54) is 25.0 Å². The fourth-order valence-corrected chi connectivity index (χ4v) is 2.57. The van der Waals surface area contributed by atoms with Crippen LogP contribution in [0.3, 0.4) is 0 Å². The van der Waals surface area contributed by atoms with Gasteiger partial charge in [-0.15, -0.1) is 0 Å². The van der Waals surface area contributed by atoms with Crippen molar-refractivity contribution in [2.24, 2.45) is 0 Å². The molecular formula is C13H20N4. The summed E-state index contributed by atoms with van der Waals surface area (Å²) in [6.45, 7) is 3.10. The molecule has 4 nitrogen and oxygen atoms in total. The smallest absolute Gasteiger partial charge is 0.146 e. The average Bonchev–Trinajstić information content (AvgIpc) is 2.28. The summed E-state index contributed by atoms with van der Waals surface area (Å²) in [6.07, 6.45) is 5.89. The van der Waals surface area contributed by atoms with E-state index in [1.807, 2.05) is 6.20 Å². The molecule has 1 unspecified atom stereocenters. The van der Waals surface area contributed by atoms with Gasteiger partial charge in [0, 0.05) is 37.4 Å². The van der Waals surface area contributed by atoms with Gasteiger partial charge in [0.25, 0.3) is 0 Å². The number of hydrogen-bond acceptors (Lipinski definition) is 4. The Morgan fingerprint density at radius 1 is 1.41 bits per heavy atom. The first kappa shape index (κ1) is 11.1. The Balaban J connectivity index is 1.81. The van der Waals surface area contributed by atoms with E-state index in [4.69, 9.17) is 4.98 Å². The monoisotopic (exact) mass is 232 g/mol. The molecule has 0 aromatic carbocycles. The topological polar surface area (TPSA) is 41.0 Å². The van der Waals surface area contributed by atoms with Crippen LogP contribution in [0.15, 0.2) is 12.3 Å². The van der Waals surface area contributed by atoms with Gasteiger partial charge in [-0.3, -0.25) is 4.90 Å². The van der Waals surface area contributed by atoms with E-state index in [9.17, 15) is 0 Å². The van der Waals surface area contributed by atoms with Crippen LogP contribution in [0, 0.1) is 0 Å². The Hall–Kier alpha value is -1.00. The minimum atomic E-state index is 0.337. The largest absolute Gasteiger partial charge is 0.313 e. The van der Waals surface area contributed by atoms with Crippen molar-refractivity contribution in [2.45, 2.75) is 31.2 Å². The predicted octanol–water partition coefficient (Wildman–Crippen LogP) is 1.32. The zero-order valence-corrected chi connectivity index (χ0v) is 10.4. The molecule has 0 radical (unpaired) electrons. The molecule has 1 N–H and O–H groups in total.